The van der Waals surface area contributed by atoms with Gasteiger partial charge in [-0.25, -0.2) is 9.78 Å². The number of carbonyl (C=O) groups excluding carboxylic acids is 2. The smallest absolute Gasteiger partial charge is 0.334 e. The fourth-order valence-electron chi connectivity index (χ4n) is 4.61. The molecule has 0 unspecified atom stereocenters. The molecule has 6 nitrogen and oxygen atoms in total. The summed E-state index contributed by atoms with van der Waals surface area (Å²) in [5.41, 5.74) is -0.664. The lowest BCUT2D eigenvalue weighted by atomic mass is 9.88. The van der Waals surface area contributed by atoms with Crippen LogP contribution in [0.4, 0.5) is 0 Å². The highest BCUT2D eigenvalue weighted by Crippen LogP contribution is 2.24. The second-order valence-electron chi connectivity index (χ2n) is 11.6. The number of ether oxygens (including phenoxy) is 1. The highest BCUT2D eigenvalue weighted by atomic mass is 35.5. The van der Waals surface area contributed by atoms with Crippen LogP contribution in [0.1, 0.15) is 95.3 Å². The number of halogens is 1. The number of allylic oxidation sites excluding steroid dienone is 2. The van der Waals surface area contributed by atoms with Crippen molar-refractivity contribution in [3.8, 4) is 11.8 Å². The highest BCUT2D eigenvalue weighted by molar-refractivity contribution is 6.30. The van der Waals surface area contributed by atoms with Crippen molar-refractivity contribution in [2.75, 3.05) is 6.54 Å². The molecule has 3 rings (SSSR count). The number of carbonyl (C=O) groups is 2. The predicted octanol–water partition coefficient (Wildman–Crippen LogP) is 7.54. The van der Waals surface area contributed by atoms with Crippen LogP contribution in [0.25, 0.3) is 0 Å². The number of nitrogens with one attached hydrogen (secondary N) is 1. The van der Waals surface area contributed by atoms with Crippen molar-refractivity contribution in [1.82, 2.24) is 14.9 Å². The molecule has 0 bridgehead atoms. The highest BCUT2D eigenvalue weighted by Gasteiger charge is 2.39. The molecule has 1 aromatic heterocycles. The molecule has 1 aliphatic rings. The third-order valence-electron chi connectivity index (χ3n) is 6.89. The molecule has 1 aromatic carbocycles. The van der Waals surface area contributed by atoms with Gasteiger partial charge in [0.1, 0.15) is 11.9 Å². The first-order valence-electron chi connectivity index (χ1n) is 14.8. The standard InChI is InChI=1S/C34H44ClN3O3/c1-33(2,3)41-32(40)34(22-20-29(21-23-34)31(39)38-26-25-36-27-38)37-24-14-12-10-8-6-4-5-7-9-11-13-15-28-16-18-30(35)19-17-28/h16-23,25-27,29,37H,4-12,14,24H2,1-3H3. The van der Waals surface area contributed by atoms with Gasteiger partial charge in [-0.05, 0) is 64.4 Å². The lowest BCUT2D eigenvalue weighted by Gasteiger charge is -2.33. The molecule has 1 aliphatic carbocycles. The average Bonchev–Trinajstić information content (AvgIpc) is 3.48. The molecule has 0 radical (unpaired) electrons. The van der Waals surface area contributed by atoms with Crippen molar-refractivity contribution in [2.45, 2.75) is 96.1 Å². The summed E-state index contributed by atoms with van der Waals surface area (Å²) in [5.74, 6) is 5.52. The summed E-state index contributed by atoms with van der Waals surface area (Å²) in [6, 6.07) is 7.66. The average molecular weight is 578 g/mol. The van der Waals surface area contributed by atoms with E-state index < -0.39 is 17.1 Å². The van der Waals surface area contributed by atoms with Gasteiger partial charge >= 0.3 is 5.97 Å². The Morgan fingerprint density at radius 2 is 1.59 bits per heavy atom. The van der Waals surface area contributed by atoms with Crippen LogP contribution in [-0.2, 0) is 9.53 Å². The Morgan fingerprint density at radius 1 is 0.976 bits per heavy atom. The number of rotatable bonds is 14. The maximum absolute atomic E-state index is 13.2. The fraction of sp³-hybridized carbons (Fsp3) is 0.500. The molecule has 0 saturated heterocycles. The van der Waals surface area contributed by atoms with Gasteiger partial charge in [0.05, 0.1) is 5.92 Å². The first-order chi connectivity index (χ1) is 19.7. The van der Waals surface area contributed by atoms with E-state index in [1.807, 2.05) is 45.0 Å². The van der Waals surface area contributed by atoms with Crippen molar-refractivity contribution in [2.24, 2.45) is 5.92 Å². The molecular formula is C34H44ClN3O3. The maximum Gasteiger partial charge on any atom is 0.334 e. The second-order valence-corrected chi connectivity index (χ2v) is 12.0. The molecule has 1 heterocycles. The number of esters is 1. The molecule has 41 heavy (non-hydrogen) atoms. The molecule has 0 amide bonds. The number of hydrogen-bond donors (Lipinski definition) is 1. The topological polar surface area (TPSA) is 73.2 Å². The number of benzene rings is 1. The largest absolute Gasteiger partial charge is 0.458 e. The minimum atomic E-state index is -1.07. The Hall–Kier alpha value is -3.14. The van der Waals surface area contributed by atoms with E-state index in [4.69, 9.17) is 16.3 Å². The van der Waals surface area contributed by atoms with Gasteiger partial charge in [0, 0.05) is 29.4 Å². The molecule has 0 saturated carbocycles. The zero-order valence-electron chi connectivity index (χ0n) is 24.7. The number of nitrogens with zero attached hydrogens (tertiary/aromatic N) is 2. The molecule has 7 heteroatoms. The minimum absolute atomic E-state index is 0.115. The fourth-order valence-corrected chi connectivity index (χ4v) is 4.74. The molecular weight excluding hydrogens is 534 g/mol. The van der Waals surface area contributed by atoms with Crippen molar-refractivity contribution in [3.05, 3.63) is 77.9 Å². The van der Waals surface area contributed by atoms with Crippen LogP contribution < -0.4 is 5.32 Å². The van der Waals surface area contributed by atoms with E-state index in [0.29, 0.717) is 6.54 Å². The van der Waals surface area contributed by atoms with Crippen molar-refractivity contribution >= 4 is 23.5 Å². The Bertz CT molecular complexity index is 1200. The van der Waals surface area contributed by atoms with Gasteiger partial charge in [0.2, 0.25) is 5.91 Å². The summed E-state index contributed by atoms with van der Waals surface area (Å²) in [5, 5.41) is 4.14. The van der Waals surface area contributed by atoms with E-state index in [1.165, 1.54) is 49.4 Å². The van der Waals surface area contributed by atoms with Gasteiger partial charge in [0.25, 0.3) is 0 Å². The zero-order valence-corrected chi connectivity index (χ0v) is 25.5. The lowest BCUT2D eigenvalue weighted by molar-refractivity contribution is -0.159. The number of unbranched alkanes of at least 4 members (excludes halogenated alkanes) is 9. The summed E-state index contributed by atoms with van der Waals surface area (Å²) in [6.45, 7) is 6.26. The molecule has 1 N–H and O–H groups in total. The Balaban J connectivity index is 1.31. The van der Waals surface area contributed by atoms with E-state index in [-0.39, 0.29) is 11.9 Å². The van der Waals surface area contributed by atoms with Gasteiger partial charge in [-0.15, -0.1) is 0 Å². The van der Waals surface area contributed by atoms with Crippen LogP contribution in [-0.4, -0.2) is 39.1 Å². The number of aromatic nitrogens is 2. The van der Waals surface area contributed by atoms with Crippen LogP contribution >= 0.6 is 11.6 Å². The SMILES string of the molecule is CC(C)(C)OC(=O)C1(NCCCCCCCCCCCC#Cc2ccc(Cl)cc2)C=CC(C(=O)n2ccnc2)C=C1. The van der Waals surface area contributed by atoms with Crippen LogP contribution in [0.3, 0.4) is 0 Å². The van der Waals surface area contributed by atoms with E-state index in [0.717, 1.165) is 36.3 Å². The quantitative estimate of drug-likeness (QED) is 0.109. The van der Waals surface area contributed by atoms with Crippen LogP contribution in [0.5, 0.6) is 0 Å². The lowest BCUT2D eigenvalue weighted by Crippen LogP contribution is -2.53. The van der Waals surface area contributed by atoms with Crippen LogP contribution in [0, 0.1) is 17.8 Å². The van der Waals surface area contributed by atoms with E-state index >= 15 is 0 Å². The van der Waals surface area contributed by atoms with Gasteiger partial charge in [-0.2, -0.15) is 0 Å². The summed E-state index contributed by atoms with van der Waals surface area (Å²) in [7, 11) is 0. The predicted molar refractivity (Wildman–Crippen MR) is 166 cm³/mol. The third kappa shape index (κ3) is 11.3. The van der Waals surface area contributed by atoms with Gasteiger partial charge in [-0.1, -0.05) is 92.7 Å². The normalized spacial score (nSPS) is 18.1. The van der Waals surface area contributed by atoms with Gasteiger partial charge < -0.3 is 4.74 Å². The maximum atomic E-state index is 13.2. The summed E-state index contributed by atoms with van der Waals surface area (Å²) in [6.07, 6.45) is 23.3. The van der Waals surface area contributed by atoms with Gasteiger partial charge in [0.15, 0.2) is 5.54 Å². The van der Waals surface area contributed by atoms with Crippen molar-refractivity contribution in [1.29, 1.82) is 0 Å². The molecule has 220 valence electrons. The first kappa shape index (κ1) is 32.4. The van der Waals surface area contributed by atoms with E-state index in [1.54, 1.807) is 36.7 Å². The summed E-state index contributed by atoms with van der Waals surface area (Å²) in [4.78, 5) is 29.8. The Labute approximate surface area is 250 Å². The second kappa shape index (κ2) is 16.3. The summed E-state index contributed by atoms with van der Waals surface area (Å²) >= 11 is 5.90. The summed E-state index contributed by atoms with van der Waals surface area (Å²) < 4.78 is 7.17. The van der Waals surface area contributed by atoms with Gasteiger partial charge in [-0.3, -0.25) is 14.7 Å². The first-order valence-corrected chi connectivity index (χ1v) is 15.2. The Kier molecular flexibility index (Phi) is 12.9. The van der Waals surface area contributed by atoms with E-state index in [9.17, 15) is 9.59 Å². The van der Waals surface area contributed by atoms with Crippen LogP contribution in [0.2, 0.25) is 5.02 Å². The minimum Gasteiger partial charge on any atom is -0.458 e. The van der Waals surface area contributed by atoms with Crippen molar-refractivity contribution < 1.29 is 14.3 Å². The molecule has 0 atom stereocenters. The third-order valence-corrected chi connectivity index (χ3v) is 7.14. The number of hydrogen-bond acceptors (Lipinski definition) is 5. The molecule has 2 aromatic rings. The molecule has 0 spiro atoms. The van der Waals surface area contributed by atoms with Crippen LogP contribution in [0.15, 0.2) is 67.3 Å². The molecule has 0 aliphatic heterocycles. The molecule has 0 fully saturated rings. The van der Waals surface area contributed by atoms with E-state index in [2.05, 4.69) is 22.1 Å². The number of imidazole rings is 1. The zero-order chi connectivity index (χ0) is 29.6. The Morgan fingerprint density at radius 3 is 2.17 bits per heavy atom. The van der Waals surface area contributed by atoms with Crippen molar-refractivity contribution in [3.63, 3.8) is 0 Å². The monoisotopic (exact) mass is 577 g/mol.